The van der Waals surface area contributed by atoms with E-state index < -0.39 is 195 Å². The van der Waals surface area contributed by atoms with Gasteiger partial charge in [0.2, 0.25) is 12.3 Å². The molecule has 0 saturated carbocycles. The van der Waals surface area contributed by atoms with Crippen LogP contribution in [0.25, 0.3) is 0 Å². The molecule has 0 radical (unpaired) electrons. The van der Waals surface area contributed by atoms with Gasteiger partial charge < -0.3 is 0 Å². The molecule has 0 spiro atoms. The van der Waals surface area contributed by atoms with Crippen LogP contribution in [-0.2, 0) is 56.0 Å². The first-order valence-corrected chi connectivity index (χ1v) is 19.7. The van der Waals surface area contributed by atoms with Crippen molar-refractivity contribution in [2.75, 3.05) is 0 Å². The first-order chi connectivity index (χ1) is 33.6. The minimum atomic E-state index is -6.13. The van der Waals surface area contributed by atoms with E-state index in [1.54, 1.807) is 53.6 Å². The van der Waals surface area contributed by atoms with E-state index in [1.807, 2.05) is 6.07 Å². The molecule has 5 aromatic carbocycles. The summed E-state index contributed by atoms with van der Waals surface area (Å²) in [6.45, 7) is 0.210. The fraction of sp³-hybridized carbons (Fsp3) is 0.200. The van der Waals surface area contributed by atoms with Gasteiger partial charge in [-0.2, -0.15) is 137 Å². The summed E-state index contributed by atoms with van der Waals surface area (Å²) in [7, 11) is 0. The Labute approximate surface area is 398 Å². The summed E-state index contributed by atoms with van der Waals surface area (Å²) in [5.41, 5.74) is -29.3. The zero-order valence-electron chi connectivity index (χ0n) is 35.7. The lowest BCUT2D eigenvalue weighted by Crippen LogP contribution is -2.75. The average molecular weight is 1090 g/mol. The number of carbonyl (C=O) groups excluding carboxylic acids is 1. The van der Waals surface area contributed by atoms with Crippen molar-refractivity contribution >= 4 is 33.8 Å². The van der Waals surface area contributed by atoms with E-state index in [2.05, 4.69) is 4.98 Å². The van der Waals surface area contributed by atoms with Gasteiger partial charge in [0.15, 0.2) is 12.4 Å². The average Bonchev–Trinajstić information content (AvgIpc) is 3.27. The molecule has 394 valence electrons. The molecular weight excluding hydrogens is 1070 g/mol. The molecule has 0 bridgehead atoms. The number of hydrogen-bond donors (Lipinski definition) is 0. The Balaban J connectivity index is 0.000000500. The SMILES string of the molecule is FC(F)(F)c1cc([B-](c2cc(C(F)(F)F)cc(C(F)(F)F)c2)(c2cc(C(F)(F)F)cc(C(F)(F)F)c2)c2cc(C(F)(F)F)cc(C(F)(F)F)c2)cc(C(F)(F)F)c1.N#Cc1ccccc1C(=O)C[n+]1ccncc1. The second kappa shape index (κ2) is 19.9. The van der Waals surface area contributed by atoms with Gasteiger partial charge in [0.05, 0.1) is 68.5 Å². The first-order valence-electron chi connectivity index (χ1n) is 19.7. The fourth-order valence-electron chi connectivity index (χ4n) is 7.60. The molecule has 0 atom stereocenters. The van der Waals surface area contributed by atoms with Crippen molar-refractivity contribution in [1.29, 1.82) is 5.26 Å². The molecule has 0 amide bonds. The predicted molar refractivity (Wildman–Crippen MR) is 210 cm³/mol. The largest absolute Gasteiger partial charge is 0.416 e. The van der Waals surface area contributed by atoms with E-state index in [9.17, 15) is 110 Å². The van der Waals surface area contributed by atoms with Crippen LogP contribution in [-0.4, -0.2) is 16.9 Å². The lowest BCUT2D eigenvalue weighted by Gasteiger charge is -2.46. The van der Waals surface area contributed by atoms with Crippen molar-refractivity contribution < 1.29 is 115 Å². The standard InChI is InChI=1S/C32H12BF24.C13H10N3O/c34-25(35,36)13-1-14(26(37,38)39)6-21(5-13)33(22-7-15(27(40,41)42)2-16(8-22)28(43,44)45,23-9-17(29(46,47)48)3-18(10-23)30(49,50)51)24-11-19(31(52,53)54)4-20(12-24)32(55,56)57;14-9-11-3-1-2-4-12(11)13(17)10-16-7-5-15-6-8-16/h1-12H;1-8H,10H2/q-1;+1. The Kier molecular flexibility index (Phi) is 15.5. The molecule has 6 rings (SSSR count). The highest BCUT2D eigenvalue weighted by Crippen LogP contribution is 2.41. The third-order valence-electron chi connectivity index (χ3n) is 10.8. The van der Waals surface area contributed by atoms with E-state index in [0.29, 0.717) is 11.1 Å². The highest BCUT2D eigenvalue weighted by atomic mass is 19.4. The summed E-state index contributed by atoms with van der Waals surface area (Å²) in [4.78, 5) is 15.9. The van der Waals surface area contributed by atoms with E-state index in [1.165, 1.54) is 0 Å². The van der Waals surface area contributed by atoms with Crippen LogP contribution in [0.15, 0.2) is 122 Å². The highest BCUT2D eigenvalue weighted by Gasteiger charge is 2.47. The second-order valence-corrected chi connectivity index (χ2v) is 15.7. The molecule has 1 aromatic heterocycles. The molecule has 0 N–H and O–H groups in total. The molecule has 6 aromatic rings. The van der Waals surface area contributed by atoms with Crippen LogP contribution in [0.4, 0.5) is 105 Å². The smallest absolute Gasteiger partial charge is 0.287 e. The van der Waals surface area contributed by atoms with Crippen LogP contribution in [0.5, 0.6) is 0 Å². The summed E-state index contributed by atoms with van der Waals surface area (Å²) in [6.07, 6.45) is -48.1. The number of rotatable bonds is 7. The molecule has 0 aliphatic heterocycles. The van der Waals surface area contributed by atoms with Crippen molar-refractivity contribution in [1.82, 2.24) is 4.98 Å². The summed E-state index contributed by atoms with van der Waals surface area (Å²) >= 11 is 0. The number of ketones is 1. The monoisotopic (exact) mass is 1090 g/mol. The van der Waals surface area contributed by atoms with E-state index in [0.717, 1.165) is 0 Å². The summed E-state index contributed by atoms with van der Waals surface area (Å²) in [6, 6.07) is 0.0223. The van der Waals surface area contributed by atoms with Gasteiger partial charge in [0, 0.05) is 5.56 Å². The number of Topliss-reactive ketones (excluding diaryl/α,β-unsaturated/α-hetero) is 1. The number of aromatic nitrogens is 2. The van der Waals surface area contributed by atoms with Crippen molar-refractivity contribution in [2.45, 2.75) is 56.0 Å². The molecular formula is C45H22BF24N3O. The van der Waals surface area contributed by atoms with Gasteiger partial charge in [-0.1, -0.05) is 60.7 Å². The maximum atomic E-state index is 14.2. The van der Waals surface area contributed by atoms with Gasteiger partial charge in [-0.05, 0) is 36.4 Å². The first kappa shape index (κ1) is 57.6. The molecule has 0 unspecified atom stereocenters. The molecule has 0 saturated heterocycles. The summed E-state index contributed by atoms with van der Waals surface area (Å²) in [5.74, 6) is -0.0849. The van der Waals surface area contributed by atoms with Gasteiger partial charge in [-0.15, -0.1) is 0 Å². The number of benzene rings is 5. The second-order valence-electron chi connectivity index (χ2n) is 15.7. The van der Waals surface area contributed by atoms with Gasteiger partial charge in [-0.3, -0.25) is 9.78 Å². The number of nitriles is 1. The number of halogens is 24. The van der Waals surface area contributed by atoms with Crippen LogP contribution >= 0.6 is 0 Å². The Morgan fingerprint density at radius 2 is 0.662 bits per heavy atom. The van der Waals surface area contributed by atoms with Crippen LogP contribution in [0.2, 0.25) is 0 Å². The van der Waals surface area contributed by atoms with Crippen molar-refractivity contribution in [3.8, 4) is 6.07 Å². The summed E-state index contributed by atoms with van der Waals surface area (Å²) < 4.78 is 343. The maximum Gasteiger partial charge on any atom is 0.416 e. The van der Waals surface area contributed by atoms with Crippen LogP contribution in [0.3, 0.4) is 0 Å². The van der Waals surface area contributed by atoms with E-state index in [4.69, 9.17) is 5.26 Å². The minimum absolute atomic E-state index is 0.0849. The summed E-state index contributed by atoms with van der Waals surface area (Å²) in [5, 5.41) is 8.91. The Morgan fingerprint density at radius 1 is 0.419 bits per heavy atom. The van der Waals surface area contributed by atoms with Gasteiger partial charge in [-0.25, -0.2) is 0 Å². The molecule has 29 heteroatoms. The molecule has 0 aliphatic carbocycles. The van der Waals surface area contributed by atoms with Crippen molar-refractivity contribution in [3.05, 3.63) is 177 Å². The van der Waals surface area contributed by atoms with Crippen LogP contribution < -0.4 is 26.4 Å². The lowest BCUT2D eigenvalue weighted by atomic mass is 9.12. The minimum Gasteiger partial charge on any atom is -0.287 e. The van der Waals surface area contributed by atoms with E-state index in [-0.39, 0.29) is 12.3 Å². The lowest BCUT2D eigenvalue weighted by molar-refractivity contribution is -0.683. The Bertz CT molecular complexity index is 2630. The normalized spacial score (nSPS) is 13.2. The molecule has 0 fully saturated rings. The number of carbonyl (C=O) groups is 1. The van der Waals surface area contributed by atoms with Crippen molar-refractivity contribution in [2.24, 2.45) is 0 Å². The van der Waals surface area contributed by atoms with Gasteiger partial charge in [0.1, 0.15) is 6.15 Å². The topological polar surface area (TPSA) is 57.6 Å². The highest BCUT2D eigenvalue weighted by molar-refractivity contribution is 7.20. The third kappa shape index (κ3) is 13.1. The quantitative estimate of drug-likeness (QED) is 0.0693. The maximum absolute atomic E-state index is 14.2. The fourth-order valence-corrected chi connectivity index (χ4v) is 7.60. The Morgan fingerprint density at radius 3 is 0.892 bits per heavy atom. The zero-order chi connectivity index (χ0) is 56.0. The van der Waals surface area contributed by atoms with E-state index >= 15 is 0 Å². The third-order valence-corrected chi connectivity index (χ3v) is 10.8. The zero-order valence-corrected chi connectivity index (χ0v) is 35.7. The molecule has 4 nitrogen and oxygen atoms in total. The Hall–Kier alpha value is -7.28. The molecule has 74 heavy (non-hydrogen) atoms. The van der Waals surface area contributed by atoms with Gasteiger partial charge >= 0.3 is 49.4 Å². The molecule has 1 heterocycles. The van der Waals surface area contributed by atoms with Crippen LogP contribution in [0.1, 0.15) is 60.4 Å². The van der Waals surface area contributed by atoms with Crippen molar-refractivity contribution in [3.63, 3.8) is 0 Å². The number of alkyl halides is 24. The number of nitrogens with zero attached hydrogens (tertiary/aromatic N) is 3. The van der Waals surface area contributed by atoms with Crippen LogP contribution in [0, 0.1) is 11.3 Å². The van der Waals surface area contributed by atoms with Gasteiger partial charge in [0.25, 0.3) is 0 Å². The molecule has 0 aliphatic rings. The number of hydrogen-bond acceptors (Lipinski definition) is 3. The predicted octanol–water partition coefficient (Wildman–Crippen LogP) is 12.3.